The number of aliphatic hydroxyl groups is 2. The molecule has 0 aromatic heterocycles. The van der Waals surface area contributed by atoms with Gasteiger partial charge in [-0.05, 0) is 12.1 Å². The molecule has 5 heteroatoms. The number of hydrogen-bond acceptors (Lipinski definition) is 4. The van der Waals surface area contributed by atoms with E-state index in [2.05, 4.69) is 11.8 Å². The maximum absolute atomic E-state index is 10.6. The average Bonchev–Trinajstić information content (AvgIpc) is 2.29. The molecule has 0 amide bonds. The minimum atomic E-state index is -0.545. The molecule has 1 aromatic carbocycles. The van der Waals surface area contributed by atoms with Crippen LogP contribution in [0.2, 0.25) is 0 Å². The number of nitrogens with zero attached hydrogens (tertiary/aromatic N) is 1. The highest BCUT2D eigenvalue weighted by atomic mass is 16.6. The van der Waals surface area contributed by atoms with Crippen LogP contribution >= 0.6 is 0 Å². The molecule has 16 heavy (non-hydrogen) atoms. The van der Waals surface area contributed by atoms with E-state index in [1.165, 1.54) is 18.2 Å². The Hall–Kier alpha value is -1.90. The summed E-state index contributed by atoms with van der Waals surface area (Å²) in [6.45, 7) is -0.418. The minimum Gasteiger partial charge on any atom is -0.395 e. The van der Waals surface area contributed by atoms with Gasteiger partial charge in [0.25, 0.3) is 5.69 Å². The van der Waals surface area contributed by atoms with Gasteiger partial charge in [-0.1, -0.05) is 11.8 Å². The first kappa shape index (κ1) is 12.2. The van der Waals surface area contributed by atoms with Crippen molar-refractivity contribution in [1.82, 2.24) is 0 Å². The van der Waals surface area contributed by atoms with Crippen molar-refractivity contribution in [1.29, 1.82) is 0 Å². The Bertz CT molecular complexity index is 445. The van der Waals surface area contributed by atoms with Gasteiger partial charge in [-0.25, -0.2) is 0 Å². The maximum atomic E-state index is 10.6. The first-order chi connectivity index (χ1) is 7.69. The van der Waals surface area contributed by atoms with E-state index in [0.717, 1.165) is 0 Å². The Kier molecular flexibility index (Phi) is 4.45. The molecule has 0 atom stereocenters. The van der Waals surface area contributed by atoms with Gasteiger partial charge in [-0.2, -0.15) is 0 Å². The zero-order valence-electron chi connectivity index (χ0n) is 8.51. The molecule has 0 aliphatic heterocycles. The van der Waals surface area contributed by atoms with Crippen LogP contribution in [-0.4, -0.2) is 21.7 Å². The van der Waals surface area contributed by atoms with E-state index >= 15 is 0 Å². The molecule has 0 fully saturated rings. The lowest BCUT2D eigenvalue weighted by Crippen LogP contribution is -1.95. The standard InChI is InChI=1S/C11H11NO4/c13-6-2-1-3-9-4-5-11(12(15)16)10(7-9)8-14/h4-5,7,13-14H,2,6,8H2. The van der Waals surface area contributed by atoms with Gasteiger partial charge >= 0.3 is 0 Å². The summed E-state index contributed by atoms with van der Waals surface area (Å²) in [7, 11) is 0. The lowest BCUT2D eigenvalue weighted by Gasteiger charge is -1.99. The highest BCUT2D eigenvalue weighted by Crippen LogP contribution is 2.19. The Morgan fingerprint density at radius 3 is 2.69 bits per heavy atom. The molecular weight excluding hydrogens is 210 g/mol. The lowest BCUT2D eigenvalue weighted by molar-refractivity contribution is -0.385. The third-order valence-corrected chi connectivity index (χ3v) is 1.92. The Morgan fingerprint density at radius 1 is 1.38 bits per heavy atom. The molecule has 0 aliphatic carbocycles. The van der Waals surface area contributed by atoms with E-state index in [1.807, 2.05) is 0 Å². The second-order valence-corrected chi connectivity index (χ2v) is 3.03. The number of nitro benzene ring substituents is 1. The molecule has 0 unspecified atom stereocenters. The summed E-state index contributed by atoms with van der Waals surface area (Å²) in [6.07, 6.45) is 0.353. The number of aliphatic hydroxyl groups excluding tert-OH is 2. The van der Waals surface area contributed by atoms with Crippen LogP contribution in [0.25, 0.3) is 0 Å². The second kappa shape index (κ2) is 5.85. The van der Waals surface area contributed by atoms with Crippen molar-refractivity contribution >= 4 is 5.69 Å². The molecule has 5 nitrogen and oxygen atoms in total. The van der Waals surface area contributed by atoms with E-state index in [-0.39, 0.29) is 17.9 Å². The number of benzene rings is 1. The Morgan fingerprint density at radius 2 is 2.12 bits per heavy atom. The SMILES string of the molecule is O=[N+]([O-])c1ccc(C#CCCO)cc1CO. The zero-order valence-corrected chi connectivity index (χ0v) is 8.51. The van der Waals surface area contributed by atoms with Crippen LogP contribution in [0, 0.1) is 22.0 Å². The number of hydrogen-bond donors (Lipinski definition) is 2. The zero-order chi connectivity index (χ0) is 12.0. The van der Waals surface area contributed by atoms with E-state index in [1.54, 1.807) is 0 Å². The smallest absolute Gasteiger partial charge is 0.274 e. The Labute approximate surface area is 92.5 Å². The monoisotopic (exact) mass is 221 g/mol. The molecule has 1 aromatic rings. The summed E-state index contributed by atoms with van der Waals surface area (Å²) < 4.78 is 0. The van der Waals surface area contributed by atoms with Crippen molar-refractivity contribution in [3.8, 4) is 11.8 Å². The first-order valence-electron chi connectivity index (χ1n) is 4.67. The first-order valence-corrected chi connectivity index (χ1v) is 4.67. The molecule has 84 valence electrons. The highest BCUT2D eigenvalue weighted by Gasteiger charge is 2.12. The summed E-state index contributed by atoms with van der Waals surface area (Å²) in [4.78, 5) is 10.0. The highest BCUT2D eigenvalue weighted by molar-refractivity contribution is 5.47. The fraction of sp³-hybridized carbons (Fsp3) is 0.273. The Balaban J connectivity index is 3.01. The van der Waals surface area contributed by atoms with Crippen LogP contribution in [0.1, 0.15) is 17.5 Å². The van der Waals surface area contributed by atoms with Crippen molar-refractivity contribution in [3.05, 3.63) is 39.4 Å². The third-order valence-electron chi connectivity index (χ3n) is 1.92. The van der Waals surface area contributed by atoms with Gasteiger partial charge in [-0.3, -0.25) is 10.1 Å². The summed E-state index contributed by atoms with van der Waals surface area (Å²) in [5.74, 6) is 5.44. The van der Waals surface area contributed by atoms with Crippen LogP contribution < -0.4 is 0 Å². The maximum Gasteiger partial charge on any atom is 0.274 e. The summed E-state index contributed by atoms with van der Waals surface area (Å²) in [5, 5.41) is 28.1. The molecule has 0 radical (unpaired) electrons. The van der Waals surface area contributed by atoms with Crippen molar-refractivity contribution < 1.29 is 15.1 Å². The van der Waals surface area contributed by atoms with Crippen molar-refractivity contribution in [2.24, 2.45) is 0 Å². The second-order valence-electron chi connectivity index (χ2n) is 3.03. The van der Waals surface area contributed by atoms with E-state index in [9.17, 15) is 10.1 Å². The van der Waals surface area contributed by atoms with Crippen LogP contribution in [0.3, 0.4) is 0 Å². The molecule has 0 saturated carbocycles. The predicted molar refractivity (Wildman–Crippen MR) is 57.6 cm³/mol. The third kappa shape index (κ3) is 3.05. The van der Waals surface area contributed by atoms with Gasteiger partial charge in [-0.15, -0.1) is 0 Å². The molecule has 0 bridgehead atoms. The molecule has 0 heterocycles. The summed E-state index contributed by atoms with van der Waals surface area (Å²) >= 11 is 0. The van der Waals surface area contributed by atoms with Crippen molar-refractivity contribution in [2.75, 3.05) is 6.61 Å². The van der Waals surface area contributed by atoms with Crippen molar-refractivity contribution in [2.45, 2.75) is 13.0 Å². The number of rotatable bonds is 3. The molecule has 0 saturated heterocycles. The quantitative estimate of drug-likeness (QED) is 0.449. The van der Waals surface area contributed by atoms with E-state index in [4.69, 9.17) is 10.2 Å². The average molecular weight is 221 g/mol. The van der Waals surface area contributed by atoms with E-state index < -0.39 is 11.5 Å². The molecular formula is C11H11NO4. The van der Waals surface area contributed by atoms with Gasteiger partial charge in [0.15, 0.2) is 0 Å². The summed E-state index contributed by atoms with van der Waals surface area (Å²) in [6, 6.07) is 4.30. The molecule has 0 spiro atoms. The lowest BCUT2D eigenvalue weighted by atomic mass is 10.1. The van der Waals surface area contributed by atoms with Gasteiger partial charge in [0.05, 0.1) is 23.7 Å². The van der Waals surface area contributed by atoms with Crippen LogP contribution in [0.15, 0.2) is 18.2 Å². The minimum absolute atomic E-state index is 0.0210. The predicted octanol–water partition coefficient (Wildman–Crippen LogP) is 0.821. The van der Waals surface area contributed by atoms with Crippen LogP contribution in [0.4, 0.5) is 5.69 Å². The van der Waals surface area contributed by atoms with Gasteiger partial charge in [0, 0.05) is 18.1 Å². The molecule has 1 rings (SSSR count). The topological polar surface area (TPSA) is 83.6 Å². The van der Waals surface area contributed by atoms with Crippen molar-refractivity contribution in [3.63, 3.8) is 0 Å². The summed E-state index contributed by atoms with van der Waals surface area (Å²) in [5.41, 5.74) is 0.708. The normalized spacial score (nSPS) is 9.38. The van der Waals surface area contributed by atoms with Gasteiger partial charge in [0.2, 0.25) is 0 Å². The van der Waals surface area contributed by atoms with Gasteiger partial charge < -0.3 is 10.2 Å². The van der Waals surface area contributed by atoms with E-state index in [0.29, 0.717) is 12.0 Å². The van der Waals surface area contributed by atoms with Crippen LogP contribution in [-0.2, 0) is 6.61 Å². The largest absolute Gasteiger partial charge is 0.395 e. The fourth-order valence-electron chi connectivity index (χ4n) is 1.19. The molecule has 2 N–H and O–H groups in total. The van der Waals surface area contributed by atoms with Crippen LogP contribution in [0.5, 0.6) is 0 Å². The number of nitro groups is 1. The van der Waals surface area contributed by atoms with Gasteiger partial charge in [0.1, 0.15) is 0 Å². The fourth-order valence-corrected chi connectivity index (χ4v) is 1.19. The molecule has 0 aliphatic rings.